The molecule has 1 aliphatic heterocycles. The van der Waals surface area contributed by atoms with Crippen LogP contribution in [0.2, 0.25) is 0 Å². The van der Waals surface area contributed by atoms with Gasteiger partial charge in [-0.25, -0.2) is 0 Å². The quantitative estimate of drug-likeness (QED) is 0.582. The third-order valence-electron chi connectivity index (χ3n) is 1.69. The van der Waals surface area contributed by atoms with Gasteiger partial charge in [0.2, 0.25) is 0 Å². The molecule has 0 atom stereocenters. The van der Waals surface area contributed by atoms with Crippen molar-refractivity contribution in [2.45, 2.75) is 0 Å². The normalized spacial score (nSPS) is 13.3. The summed E-state index contributed by atoms with van der Waals surface area (Å²) in [6.07, 6.45) is 2.52. The summed E-state index contributed by atoms with van der Waals surface area (Å²) in [5.41, 5.74) is 1.51. The Balaban J connectivity index is 2.51. The molecule has 0 spiro atoms. The number of aldehydes is 1. The highest BCUT2D eigenvalue weighted by Crippen LogP contribution is 2.20. The Bertz CT molecular complexity index is 344. The lowest BCUT2D eigenvalue weighted by atomic mass is 10.1. The van der Waals surface area contributed by atoms with Crippen LogP contribution >= 0.6 is 0 Å². The first kappa shape index (κ1) is 7.03. The molecule has 0 radical (unpaired) electrons. The van der Waals surface area contributed by atoms with E-state index in [0.29, 0.717) is 12.3 Å². The first-order chi connectivity index (χ1) is 5.90. The van der Waals surface area contributed by atoms with Gasteiger partial charge in [0.1, 0.15) is 12.0 Å². The minimum Gasteiger partial charge on any atom is -0.471 e. The van der Waals surface area contributed by atoms with Crippen LogP contribution in [0.15, 0.2) is 23.2 Å². The molecule has 0 bridgehead atoms. The standard InChI is InChI=1S/C9H7NO2/c11-5-7-1-2-9-8(3-7)4-10-6-12-9/h1-5H,6H2. The fourth-order valence-corrected chi connectivity index (χ4v) is 1.12. The van der Waals surface area contributed by atoms with Gasteiger partial charge in [0, 0.05) is 17.3 Å². The van der Waals surface area contributed by atoms with Crippen molar-refractivity contribution in [2.24, 2.45) is 4.99 Å². The molecule has 0 fully saturated rings. The third-order valence-corrected chi connectivity index (χ3v) is 1.69. The van der Waals surface area contributed by atoms with Crippen LogP contribution < -0.4 is 4.74 Å². The number of ether oxygens (including phenoxy) is 1. The average molecular weight is 161 g/mol. The van der Waals surface area contributed by atoms with Crippen molar-refractivity contribution in [3.8, 4) is 5.75 Å². The molecule has 1 heterocycles. The zero-order chi connectivity index (χ0) is 8.39. The van der Waals surface area contributed by atoms with Gasteiger partial charge in [-0.1, -0.05) is 0 Å². The average Bonchev–Trinajstić information content (AvgIpc) is 2.17. The summed E-state index contributed by atoms with van der Waals surface area (Å²) in [7, 11) is 0. The van der Waals surface area contributed by atoms with Crippen molar-refractivity contribution in [3.05, 3.63) is 29.3 Å². The van der Waals surface area contributed by atoms with Crippen molar-refractivity contribution >= 4 is 12.5 Å². The van der Waals surface area contributed by atoms with Crippen molar-refractivity contribution in [1.82, 2.24) is 0 Å². The van der Waals surface area contributed by atoms with E-state index in [2.05, 4.69) is 4.99 Å². The van der Waals surface area contributed by atoms with Crippen LogP contribution in [0.3, 0.4) is 0 Å². The molecule has 0 N–H and O–H groups in total. The predicted molar refractivity (Wildman–Crippen MR) is 44.9 cm³/mol. The molecule has 0 unspecified atom stereocenters. The van der Waals surface area contributed by atoms with Crippen molar-refractivity contribution < 1.29 is 9.53 Å². The number of fused-ring (bicyclic) bond motifs is 1. The van der Waals surface area contributed by atoms with E-state index in [1.165, 1.54) is 0 Å². The minimum atomic E-state index is 0.368. The monoisotopic (exact) mass is 161 g/mol. The molecule has 1 aromatic rings. The summed E-state index contributed by atoms with van der Waals surface area (Å²) in [6.45, 7) is 0.368. The van der Waals surface area contributed by atoms with E-state index in [0.717, 1.165) is 17.6 Å². The van der Waals surface area contributed by atoms with Gasteiger partial charge in [-0.2, -0.15) is 0 Å². The molecule has 0 aromatic heterocycles. The molecule has 0 saturated heterocycles. The highest BCUT2D eigenvalue weighted by Gasteiger charge is 2.05. The minimum absolute atomic E-state index is 0.368. The van der Waals surface area contributed by atoms with Gasteiger partial charge in [0.15, 0.2) is 6.73 Å². The molecular formula is C9H7NO2. The fraction of sp³-hybridized carbons (Fsp3) is 0.111. The number of hydrogen-bond acceptors (Lipinski definition) is 3. The number of nitrogens with zero attached hydrogens (tertiary/aromatic N) is 1. The number of hydrogen-bond donors (Lipinski definition) is 0. The SMILES string of the molecule is O=Cc1ccc2c(c1)C=NCO2. The third kappa shape index (κ3) is 1.09. The second kappa shape index (κ2) is 2.77. The van der Waals surface area contributed by atoms with E-state index >= 15 is 0 Å². The van der Waals surface area contributed by atoms with Gasteiger partial charge < -0.3 is 4.74 Å². The lowest BCUT2D eigenvalue weighted by molar-refractivity contribution is 0.112. The number of rotatable bonds is 1. The molecule has 3 nitrogen and oxygen atoms in total. The summed E-state index contributed by atoms with van der Waals surface area (Å²) in [4.78, 5) is 14.3. The van der Waals surface area contributed by atoms with Gasteiger partial charge in [-0.05, 0) is 18.2 Å². The molecule has 12 heavy (non-hydrogen) atoms. The molecule has 2 rings (SSSR count). The first-order valence-corrected chi connectivity index (χ1v) is 3.62. The Morgan fingerprint density at radius 1 is 1.50 bits per heavy atom. The Labute approximate surface area is 69.7 Å². The van der Waals surface area contributed by atoms with E-state index < -0.39 is 0 Å². The zero-order valence-corrected chi connectivity index (χ0v) is 6.36. The fourth-order valence-electron chi connectivity index (χ4n) is 1.12. The summed E-state index contributed by atoms with van der Waals surface area (Å²) in [5, 5.41) is 0. The van der Waals surface area contributed by atoms with Gasteiger partial charge in [0.25, 0.3) is 0 Å². The van der Waals surface area contributed by atoms with Crippen molar-refractivity contribution in [1.29, 1.82) is 0 Å². The zero-order valence-electron chi connectivity index (χ0n) is 6.36. The highest BCUT2D eigenvalue weighted by atomic mass is 16.5. The molecule has 0 saturated carbocycles. The summed E-state index contributed by atoms with van der Waals surface area (Å²) < 4.78 is 5.21. The number of benzene rings is 1. The van der Waals surface area contributed by atoms with Crippen molar-refractivity contribution in [3.63, 3.8) is 0 Å². The molecule has 1 aliphatic rings. The molecule has 1 aromatic carbocycles. The number of carbonyl (C=O) groups is 1. The Hall–Kier alpha value is -1.64. The smallest absolute Gasteiger partial charge is 0.179 e. The Morgan fingerprint density at radius 2 is 2.42 bits per heavy atom. The van der Waals surface area contributed by atoms with E-state index in [4.69, 9.17) is 4.74 Å². The highest BCUT2D eigenvalue weighted by molar-refractivity contribution is 5.88. The second-order valence-electron chi connectivity index (χ2n) is 2.50. The summed E-state index contributed by atoms with van der Waals surface area (Å²) in [6, 6.07) is 5.26. The molecular weight excluding hydrogens is 154 g/mol. The molecule has 0 amide bonds. The van der Waals surface area contributed by atoms with Crippen LogP contribution in [0.1, 0.15) is 15.9 Å². The number of aliphatic imine (C=N–C) groups is 1. The molecule has 60 valence electrons. The maximum atomic E-state index is 10.4. The predicted octanol–water partition coefficient (Wildman–Crippen LogP) is 1.27. The van der Waals surface area contributed by atoms with Crippen LogP contribution in [-0.2, 0) is 0 Å². The first-order valence-electron chi connectivity index (χ1n) is 3.62. The topological polar surface area (TPSA) is 38.7 Å². The van der Waals surface area contributed by atoms with E-state index in [1.807, 2.05) is 0 Å². The van der Waals surface area contributed by atoms with Gasteiger partial charge in [-0.15, -0.1) is 0 Å². The second-order valence-corrected chi connectivity index (χ2v) is 2.50. The van der Waals surface area contributed by atoms with Gasteiger partial charge >= 0.3 is 0 Å². The lowest BCUT2D eigenvalue weighted by Crippen LogP contribution is -2.04. The van der Waals surface area contributed by atoms with E-state index in [-0.39, 0.29) is 0 Å². The van der Waals surface area contributed by atoms with Crippen LogP contribution in [0.4, 0.5) is 0 Å². The van der Waals surface area contributed by atoms with Crippen molar-refractivity contribution in [2.75, 3.05) is 6.73 Å². The van der Waals surface area contributed by atoms with Crippen LogP contribution in [-0.4, -0.2) is 19.2 Å². The van der Waals surface area contributed by atoms with Crippen LogP contribution in [0, 0.1) is 0 Å². The molecule has 3 heteroatoms. The Morgan fingerprint density at radius 3 is 3.25 bits per heavy atom. The van der Waals surface area contributed by atoms with Crippen LogP contribution in [0.5, 0.6) is 5.75 Å². The lowest BCUT2D eigenvalue weighted by Gasteiger charge is -2.10. The largest absolute Gasteiger partial charge is 0.471 e. The Kier molecular flexibility index (Phi) is 1.63. The van der Waals surface area contributed by atoms with E-state index in [9.17, 15) is 4.79 Å². The van der Waals surface area contributed by atoms with E-state index in [1.54, 1.807) is 24.4 Å². The van der Waals surface area contributed by atoms with Crippen LogP contribution in [0.25, 0.3) is 0 Å². The maximum absolute atomic E-state index is 10.4. The number of carbonyl (C=O) groups excluding carboxylic acids is 1. The molecule has 0 aliphatic carbocycles. The summed E-state index contributed by atoms with van der Waals surface area (Å²) in [5.74, 6) is 0.788. The van der Waals surface area contributed by atoms with Gasteiger partial charge in [0.05, 0.1) is 0 Å². The summed E-state index contributed by atoms with van der Waals surface area (Å²) >= 11 is 0. The maximum Gasteiger partial charge on any atom is 0.179 e. The van der Waals surface area contributed by atoms with Gasteiger partial charge in [-0.3, -0.25) is 9.79 Å².